The Labute approximate surface area is 90.1 Å². The van der Waals surface area contributed by atoms with Gasteiger partial charge >= 0.3 is 6.09 Å². The van der Waals surface area contributed by atoms with Gasteiger partial charge in [-0.25, -0.2) is 4.79 Å². The zero-order valence-electron chi connectivity index (χ0n) is 8.99. The van der Waals surface area contributed by atoms with Crippen LogP contribution in [0, 0.1) is 0 Å². The summed E-state index contributed by atoms with van der Waals surface area (Å²) in [6.07, 6.45) is 2.35. The minimum atomic E-state index is -0.972. The van der Waals surface area contributed by atoms with E-state index in [0.717, 1.165) is 24.8 Å². The van der Waals surface area contributed by atoms with E-state index in [1.165, 1.54) is 5.56 Å². The minimum Gasteiger partial charge on any atom is -0.465 e. The third-order valence-electron chi connectivity index (χ3n) is 2.35. The maximum absolute atomic E-state index is 10.4. The highest BCUT2D eigenvalue weighted by atomic mass is 16.4. The summed E-state index contributed by atoms with van der Waals surface area (Å²) in [5.74, 6) is 0. The Balaban J connectivity index is 2.63. The number of amides is 1. The van der Waals surface area contributed by atoms with Crippen LogP contribution < -0.4 is 5.32 Å². The van der Waals surface area contributed by atoms with Gasteiger partial charge in [-0.2, -0.15) is 0 Å². The number of rotatable bonds is 5. The Morgan fingerprint density at radius 2 is 2.00 bits per heavy atom. The molecule has 0 saturated carbocycles. The Bertz CT molecular complexity index is 323. The number of carbonyl (C=O) groups is 1. The fourth-order valence-corrected chi connectivity index (χ4v) is 1.51. The van der Waals surface area contributed by atoms with Crippen LogP contribution in [0.25, 0.3) is 0 Å². The molecule has 1 aromatic rings. The summed E-state index contributed by atoms with van der Waals surface area (Å²) in [4.78, 5) is 10.4. The van der Waals surface area contributed by atoms with E-state index in [-0.39, 0.29) is 0 Å². The second-order valence-electron chi connectivity index (χ2n) is 3.53. The summed E-state index contributed by atoms with van der Waals surface area (Å²) in [5.41, 5.74) is 2.32. The van der Waals surface area contributed by atoms with Crippen LogP contribution in [0.1, 0.15) is 30.9 Å². The molecule has 1 rings (SSSR count). The molecular weight excluding hydrogens is 190 g/mol. The number of unbranched alkanes of at least 4 members (excludes halogenated alkanes) is 1. The second-order valence-corrected chi connectivity index (χ2v) is 3.53. The van der Waals surface area contributed by atoms with Crippen LogP contribution in [0.2, 0.25) is 0 Å². The van der Waals surface area contributed by atoms with Gasteiger partial charge in [0.05, 0.1) is 0 Å². The van der Waals surface area contributed by atoms with Crippen molar-refractivity contribution in [2.24, 2.45) is 0 Å². The van der Waals surface area contributed by atoms with E-state index in [9.17, 15) is 4.79 Å². The van der Waals surface area contributed by atoms with Gasteiger partial charge < -0.3 is 10.4 Å². The molecule has 0 aliphatic rings. The SMILES string of the molecule is CCCCc1ccccc1CNC(=O)O. The predicted octanol–water partition coefficient (Wildman–Crippen LogP) is 2.80. The van der Waals surface area contributed by atoms with E-state index in [1.807, 2.05) is 18.2 Å². The number of benzene rings is 1. The Morgan fingerprint density at radius 1 is 1.33 bits per heavy atom. The fraction of sp³-hybridized carbons (Fsp3) is 0.417. The van der Waals surface area contributed by atoms with Gasteiger partial charge in [0, 0.05) is 6.54 Å². The maximum atomic E-state index is 10.4. The van der Waals surface area contributed by atoms with Gasteiger partial charge in [0.25, 0.3) is 0 Å². The zero-order valence-corrected chi connectivity index (χ0v) is 8.99. The van der Waals surface area contributed by atoms with E-state index < -0.39 is 6.09 Å². The third-order valence-corrected chi connectivity index (χ3v) is 2.35. The highest BCUT2D eigenvalue weighted by Gasteiger charge is 2.02. The summed E-state index contributed by atoms with van der Waals surface area (Å²) in [5, 5.41) is 10.9. The van der Waals surface area contributed by atoms with Crippen molar-refractivity contribution in [2.45, 2.75) is 32.7 Å². The number of aryl methyl sites for hydroxylation is 1. The molecule has 3 nitrogen and oxygen atoms in total. The molecular formula is C12H17NO2. The normalized spacial score (nSPS) is 9.93. The second kappa shape index (κ2) is 6.06. The van der Waals surface area contributed by atoms with Gasteiger partial charge in [-0.05, 0) is 24.0 Å². The molecule has 0 heterocycles. The topological polar surface area (TPSA) is 49.3 Å². The predicted molar refractivity (Wildman–Crippen MR) is 59.9 cm³/mol. The standard InChI is InChI=1S/C12H17NO2/c1-2-3-6-10-7-4-5-8-11(10)9-13-12(14)15/h4-5,7-8,13H,2-3,6,9H2,1H3,(H,14,15). The summed E-state index contributed by atoms with van der Waals surface area (Å²) >= 11 is 0. The van der Waals surface area contributed by atoms with Crippen LogP contribution in [0.5, 0.6) is 0 Å². The lowest BCUT2D eigenvalue weighted by Gasteiger charge is -2.08. The van der Waals surface area contributed by atoms with Gasteiger partial charge in [0.2, 0.25) is 0 Å². The number of hydrogen-bond donors (Lipinski definition) is 2. The van der Waals surface area contributed by atoms with E-state index in [1.54, 1.807) is 0 Å². The fourth-order valence-electron chi connectivity index (χ4n) is 1.51. The summed E-state index contributed by atoms with van der Waals surface area (Å²) in [7, 11) is 0. The maximum Gasteiger partial charge on any atom is 0.404 e. The van der Waals surface area contributed by atoms with Crippen molar-refractivity contribution < 1.29 is 9.90 Å². The van der Waals surface area contributed by atoms with Gasteiger partial charge in [0.15, 0.2) is 0 Å². The molecule has 0 saturated heterocycles. The van der Waals surface area contributed by atoms with Gasteiger partial charge in [-0.1, -0.05) is 37.6 Å². The molecule has 0 aliphatic carbocycles. The van der Waals surface area contributed by atoms with Crippen molar-refractivity contribution in [1.29, 1.82) is 0 Å². The van der Waals surface area contributed by atoms with Gasteiger partial charge in [0.1, 0.15) is 0 Å². The molecule has 1 aromatic carbocycles. The molecule has 0 aliphatic heterocycles. The van der Waals surface area contributed by atoms with Crippen molar-refractivity contribution in [3.63, 3.8) is 0 Å². The van der Waals surface area contributed by atoms with Crippen molar-refractivity contribution in [3.05, 3.63) is 35.4 Å². The Hall–Kier alpha value is -1.51. The van der Waals surface area contributed by atoms with Crippen LogP contribution in [0.4, 0.5) is 4.79 Å². The first-order valence-corrected chi connectivity index (χ1v) is 5.27. The highest BCUT2D eigenvalue weighted by Crippen LogP contribution is 2.11. The molecule has 0 spiro atoms. The first-order chi connectivity index (χ1) is 7.24. The first-order valence-electron chi connectivity index (χ1n) is 5.27. The van der Waals surface area contributed by atoms with Crippen LogP contribution in [-0.4, -0.2) is 11.2 Å². The summed E-state index contributed by atoms with van der Waals surface area (Å²) < 4.78 is 0. The van der Waals surface area contributed by atoms with Crippen LogP contribution >= 0.6 is 0 Å². The van der Waals surface area contributed by atoms with Crippen molar-refractivity contribution in [1.82, 2.24) is 5.32 Å². The van der Waals surface area contributed by atoms with Crippen molar-refractivity contribution >= 4 is 6.09 Å². The molecule has 0 radical (unpaired) electrons. The lowest BCUT2D eigenvalue weighted by molar-refractivity contribution is 0.194. The monoisotopic (exact) mass is 207 g/mol. The molecule has 0 bridgehead atoms. The number of carboxylic acid groups (broad SMARTS) is 1. The third kappa shape index (κ3) is 4.02. The van der Waals surface area contributed by atoms with E-state index >= 15 is 0 Å². The van der Waals surface area contributed by atoms with Gasteiger partial charge in [-0.3, -0.25) is 0 Å². The lowest BCUT2D eigenvalue weighted by atomic mass is 10.0. The Morgan fingerprint density at radius 3 is 2.60 bits per heavy atom. The molecule has 3 heteroatoms. The number of hydrogen-bond acceptors (Lipinski definition) is 1. The molecule has 0 fully saturated rings. The lowest BCUT2D eigenvalue weighted by Crippen LogP contribution is -2.20. The average Bonchev–Trinajstić information content (AvgIpc) is 2.24. The van der Waals surface area contributed by atoms with E-state index in [4.69, 9.17) is 5.11 Å². The minimum absolute atomic E-state index is 0.398. The van der Waals surface area contributed by atoms with E-state index in [0.29, 0.717) is 6.54 Å². The van der Waals surface area contributed by atoms with Crippen molar-refractivity contribution in [3.8, 4) is 0 Å². The highest BCUT2D eigenvalue weighted by molar-refractivity contribution is 5.64. The average molecular weight is 207 g/mol. The first kappa shape index (κ1) is 11.6. The molecule has 0 aromatic heterocycles. The smallest absolute Gasteiger partial charge is 0.404 e. The summed E-state index contributed by atoms with van der Waals surface area (Å²) in [6.45, 7) is 2.55. The molecule has 82 valence electrons. The largest absolute Gasteiger partial charge is 0.465 e. The zero-order chi connectivity index (χ0) is 11.1. The molecule has 0 unspecified atom stereocenters. The van der Waals surface area contributed by atoms with Crippen molar-refractivity contribution in [2.75, 3.05) is 0 Å². The van der Waals surface area contributed by atoms with Gasteiger partial charge in [-0.15, -0.1) is 0 Å². The molecule has 1 amide bonds. The number of nitrogens with one attached hydrogen (secondary N) is 1. The Kier molecular flexibility index (Phi) is 4.68. The van der Waals surface area contributed by atoms with E-state index in [2.05, 4.69) is 18.3 Å². The molecule has 15 heavy (non-hydrogen) atoms. The van der Waals surface area contributed by atoms with Crippen LogP contribution in [0.15, 0.2) is 24.3 Å². The molecule has 0 atom stereocenters. The molecule has 2 N–H and O–H groups in total. The summed E-state index contributed by atoms with van der Waals surface area (Å²) in [6, 6.07) is 7.97. The van der Waals surface area contributed by atoms with Crippen LogP contribution in [-0.2, 0) is 13.0 Å². The van der Waals surface area contributed by atoms with Crippen LogP contribution in [0.3, 0.4) is 0 Å². The quantitative estimate of drug-likeness (QED) is 0.780.